The summed E-state index contributed by atoms with van der Waals surface area (Å²) in [6.45, 7) is 0.315. The molecule has 0 aliphatic rings. The van der Waals surface area contributed by atoms with E-state index in [1.165, 1.54) is 18.2 Å². The maximum Gasteiger partial charge on any atom is 0.271 e. The van der Waals surface area contributed by atoms with Gasteiger partial charge in [-0.3, -0.25) is 14.9 Å². The standard InChI is InChI=1S/C23H15BrClN3O4/c24-18-6-9-22(32-14-15-4-2-1-3-5-15)16(11-18)10-17(13-26)23(29)27-21-8-7-19(28(30)31)12-20(21)25/h1-12H,14H2,(H,27,29)/b17-10+. The summed E-state index contributed by atoms with van der Waals surface area (Å²) in [5.41, 5.74) is 1.24. The maximum atomic E-state index is 12.6. The molecule has 0 aliphatic carbocycles. The first kappa shape index (κ1) is 23.0. The summed E-state index contributed by atoms with van der Waals surface area (Å²) in [6.07, 6.45) is 1.40. The first-order chi connectivity index (χ1) is 15.4. The number of ether oxygens (including phenoxy) is 1. The second-order valence-electron chi connectivity index (χ2n) is 6.50. The van der Waals surface area contributed by atoms with Crippen molar-refractivity contribution in [1.29, 1.82) is 5.26 Å². The van der Waals surface area contributed by atoms with Crippen molar-refractivity contribution in [2.75, 3.05) is 5.32 Å². The number of benzene rings is 3. The molecule has 0 fully saturated rings. The summed E-state index contributed by atoms with van der Waals surface area (Å²) < 4.78 is 6.63. The Morgan fingerprint density at radius 1 is 1.19 bits per heavy atom. The van der Waals surface area contributed by atoms with Crippen LogP contribution in [-0.4, -0.2) is 10.8 Å². The molecule has 3 aromatic carbocycles. The highest BCUT2D eigenvalue weighted by atomic mass is 79.9. The Bertz CT molecular complexity index is 1240. The first-order valence-electron chi connectivity index (χ1n) is 9.20. The quantitative estimate of drug-likeness (QED) is 0.177. The van der Waals surface area contributed by atoms with Gasteiger partial charge in [-0.15, -0.1) is 0 Å². The molecule has 1 amide bonds. The Morgan fingerprint density at radius 3 is 2.59 bits per heavy atom. The van der Waals surface area contributed by atoms with Crippen molar-refractivity contribution in [2.45, 2.75) is 6.61 Å². The van der Waals surface area contributed by atoms with Crippen LogP contribution < -0.4 is 10.1 Å². The summed E-state index contributed by atoms with van der Waals surface area (Å²) in [7, 11) is 0. The smallest absolute Gasteiger partial charge is 0.271 e. The highest BCUT2D eigenvalue weighted by molar-refractivity contribution is 9.10. The fourth-order valence-corrected chi connectivity index (χ4v) is 3.31. The van der Waals surface area contributed by atoms with Gasteiger partial charge in [-0.25, -0.2) is 0 Å². The normalized spacial score (nSPS) is 10.8. The molecule has 0 atom stereocenters. The predicted octanol–water partition coefficient (Wildman–Crippen LogP) is 6.14. The van der Waals surface area contributed by atoms with Gasteiger partial charge in [0.1, 0.15) is 24.0 Å². The molecule has 0 aromatic heterocycles. The van der Waals surface area contributed by atoms with Gasteiger partial charge in [0.15, 0.2) is 0 Å². The molecule has 7 nitrogen and oxygen atoms in total. The summed E-state index contributed by atoms with van der Waals surface area (Å²) in [5, 5.41) is 22.9. The van der Waals surface area contributed by atoms with Crippen molar-refractivity contribution >= 4 is 50.9 Å². The Kier molecular flexibility index (Phi) is 7.60. The molecule has 0 saturated heterocycles. The van der Waals surface area contributed by atoms with Gasteiger partial charge < -0.3 is 10.1 Å². The number of hydrogen-bond donors (Lipinski definition) is 1. The third-order valence-electron chi connectivity index (χ3n) is 4.29. The fraction of sp³-hybridized carbons (Fsp3) is 0.0435. The van der Waals surface area contributed by atoms with E-state index in [1.54, 1.807) is 18.2 Å². The van der Waals surface area contributed by atoms with Crippen molar-refractivity contribution in [3.63, 3.8) is 0 Å². The number of rotatable bonds is 7. The Labute approximate surface area is 197 Å². The molecule has 3 aromatic rings. The molecule has 0 radical (unpaired) electrons. The maximum absolute atomic E-state index is 12.6. The number of nitrogens with one attached hydrogen (secondary N) is 1. The number of amides is 1. The van der Waals surface area contributed by atoms with Crippen LogP contribution >= 0.6 is 27.5 Å². The van der Waals surface area contributed by atoms with E-state index in [0.29, 0.717) is 17.9 Å². The highest BCUT2D eigenvalue weighted by Gasteiger charge is 2.15. The van der Waals surface area contributed by atoms with Gasteiger partial charge in [0.05, 0.1) is 15.6 Å². The van der Waals surface area contributed by atoms with Gasteiger partial charge in [-0.05, 0) is 35.9 Å². The summed E-state index contributed by atoms with van der Waals surface area (Å²) in [5.74, 6) is -0.219. The zero-order valence-corrected chi connectivity index (χ0v) is 18.8. The minimum Gasteiger partial charge on any atom is -0.488 e. The molecule has 3 rings (SSSR count). The number of carbonyl (C=O) groups excluding carboxylic acids is 1. The van der Waals surface area contributed by atoms with Gasteiger partial charge in [-0.2, -0.15) is 5.26 Å². The zero-order chi connectivity index (χ0) is 23.1. The monoisotopic (exact) mass is 511 g/mol. The molecule has 160 valence electrons. The molecule has 0 unspecified atom stereocenters. The van der Waals surface area contributed by atoms with Crippen molar-refractivity contribution in [1.82, 2.24) is 0 Å². The molecule has 0 saturated carbocycles. The topological polar surface area (TPSA) is 105 Å². The molecule has 9 heteroatoms. The van der Waals surface area contributed by atoms with Crippen molar-refractivity contribution in [3.05, 3.63) is 103 Å². The van der Waals surface area contributed by atoms with Crippen molar-refractivity contribution in [2.24, 2.45) is 0 Å². The van der Waals surface area contributed by atoms with Crippen molar-refractivity contribution in [3.8, 4) is 11.8 Å². The molecule has 32 heavy (non-hydrogen) atoms. The van der Waals surface area contributed by atoms with Crippen LogP contribution in [0.5, 0.6) is 5.75 Å². The molecule has 1 N–H and O–H groups in total. The number of nitriles is 1. The lowest BCUT2D eigenvalue weighted by Gasteiger charge is -2.11. The average molecular weight is 513 g/mol. The van der Waals surface area contributed by atoms with E-state index in [0.717, 1.165) is 16.1 Å². The van der Waals surface area contributed by atoms with Crippen molar-refractivity contribution < 1.29 is 14.5 Å². The number of nitrogens with zero attached hydrogens (tertiary/aromatic N) is 2. The Morgan fingerprint density at radius 2 is 1.94 bits per heavy atom. The van der Waals surface area contributed by atoms with Crippen LogP contribution in [0.3, 0.4) is 0 Å². The number of carbonyl (C=O) groups is 1. The van der Waals surface area contributed by atoms with E-state index in [9.17, 15) is 20.2 Å². The molecular formula is C23H15BrClN3O4. The van der Waals surface area contributed by atoms with Crippen LogP contribution in [-0.2, 0) is 11.4 Å². The molecule has 0 bridgehead atoms. The number of nitro benzene ring substituents is 1. The van der Waals surface area contributed by atoms with Crippen LogP contribution in [0.2, 0.25) is 5.02 Å². The zero-order valence-electron chi connectivity index (χ0n) is 16.4. The lowest BCUT2D eigenvalue weighted by atomic mass is 10.1. The number of nitro groups is 1. The van der Waals surface area contributed by atoms with Crippen LogP contribution in [0, 0.1) is 21.4 Å². The molecular weight excluding hydrogens is 498 g/mol. The predicted molar refractivity (Wildman–Crippen MR) is 125 cm³/mol. The van der Waals surface area contributed by atoms with Gasteiger partial charge >= 0.3 is 0 Å². The Hall–Kier alpha value is -3.67. The van der Waals surface area contributed by atoms with Gasteiger partial charge in [0.25, 0.3) is 11.6 Å². The summed E-state index contributed by atoms with van der Waals surface area (Å²) in [4.78, 5) is 22.9. The first-order valence-corrected chi connectivity index (χ1v) is 10.4. The van der Waals surface area contributed by atoms with Gasteiger partial charge in [-0.1, -0.05) is 57.9 Å². The van der Waals surface area contributed by atoms with Gasteiger partial charge in [0.2, 0.25) is 0 Å². The lowest BCUT2D eigenvalue weighted by Crippen LogP contribution is -2.14. The van der Waals surface area contributed by atoms with Crippen LogP contribution in [0.1, 0.15) is 11.1 Å². The van der Waals surface area contributed by atoms with E-state index in [-0.39, 0.29) is 22.0 Å². The third-order valence-corrected chi connectivity index (χ3v) is 5.09. The van der Waals surface area contributed by atoms with E-state index >= 15 is 0 Å². The fourth-order valence-electron chi connectivity index (χ4n) is 2.71. The molecule has 0 aliphatic heterocycles. The minimum absolute atomic E-state index is 0.0146. The molecule has 0 heterocycles. The number of non-ortho nitro benzene ring substituents is 1. The average Bonchev–Trinajstić information content (AvgIpc) is 2.78. The molecule has 0 spiro atoms. The van der Waals surface area contributed by atoms with E-state index in [1.807, 2.05) is 36.4 Å². The largest absolute Gasteiger partial charge is 0.488 e. The number of anilines is 1. The van der Waals surface area contributed by atoms with Crippen LogP contribution in [0.4, 0.5) is 11.4 Å². The van der Waals surface area contributed by atoms with Gasteiger partial charge in [0, 0.05) is 22.2 Å². The SMILES string of the molecule is N#C/C(=C\c1cc(Br)ccc1OCc1ccccc1)C(=O)Nc1ccc([N+](=O)[O-])cc1Cl. The van der Waals surface area contributed by atoms with E-state index in [2.05, 4.69) is 21.2 Å². The van der Waals surface area contributed by atoms with E-state index in [4.69, 9.17) is 16.3 Å². The second-order valence-corrected chi connectivity index (χ2v) is 7.82. The van der Waals surface area contributed by atoms with Crippen LogP contribution in [0.15, 0.2) is 76.8 Å². The number of hydrogen-bond acceptors (Lipinski definition) is 5. The van der Waals surface area contributed by atoms with E-state index < -0.39 is 10.8 Å². The Balaban J connectivity index is 1.83. The minimum atomic E-state index is -0.711. The third kappa shape index (κ3) is 5.94. The van der Waals surface area contributed by atoms with Crippen LogP contribution in [0.25, 0.3) is 6.08 Å². The highest BCUT2D eigenvalue weighted by Crippen LogP contribution is 2.29. The summed E-state index contributed by atoms with van der Waals surface area (Å²) in [6, 6.07) is 20.3. The lowest BCUT2D eigenvalue weighted by molar-refractivity contribution is -0.384. The summed E-state index contributed by atoms with van der Waals surface area (Å²) >= 11 is 9.41. The number of halogens is 2. The second kappa shape index (κ2) is 10.6.